The van der Waals surface area contributed by atoms with Crippen molar-refractivity contribution in [3.8, 4) is 5.75 Å². The van der Waals surface area contributed by atoms with Crippen molar-refractivity contribution < 1.29 is 14.6 Å². The van der Waals surface area contributed by atoms with E-state index in [0.29, 0.717) is 17.3 Å². The maximum atomic E-state index is 13.0. The molecule has 0 bridgehead atoms. The topological polar surface area (TPSA) is 106 Å². The van der Waals surface area contributed by atoms with Gasteiger partial charge in [0.05, 0.1) is 18.7 Å². The zero-order chi connectivity index (χ0) is 20.3. The summed E-state index contributed by atoms with van der Waals surface area (Å²) in [5, 5.41) is 12.4. The number of nitrogens with one attached hydrogen (secondary N) is 1. The first-order valence-corrected chi connectivity index (χ1v) is 8.62. The fourth-order valence-electron chi connectivity index (χ4n) is 2.67. The fraction of sp³-hybridized carbons (Fsp3) is 0.158. The van der Waals surface area contributed by atoms with Crippen LogP contribution in [-0.2, 0) is 6.54 Å². The van der Waals surface area contributed by atoms with E-state index in [1.807, 2.05) is 0 Å². The van der Waals surface area contributed by atoms with Crippen molar-refractivity contribution in [2.45, 2.75) is 13.5 Å². The molecule has 0 aliphatic carbocycles. The summed E-state index contributed by atoms with van der Waals surface area (Å²) >= 11 is 6.18. The first-order chi connectivity index (χ1) is 13.4. The van der Waals surface area contributed by atoms with E-state index in [1.54, 1.807) is 44.4 Å². The summed E-state index contributed by atoms with van der Waals surface area (Å²) in [5.41, 5.74) is 0.725. The number of ether oxygens (including phenoxy) is 1. The second-order valence-electron chi connectivity index (χ2n) is 5.97. The van der Waals surface area contributed by atoms with Gasteiger partial charge in [0.1, 0.15) is 29.3 Å². The minimum Gasteiger partial charge on any atom is -0.497 e. The van der Waals surface area contributed by atoms with E-state index >= 15 is 0 Å². The maximum absolute atomic E-state index is 13.0. The molecular formula is C19H17ClN4O4. The lowest BCUT2D eigenvalue weighted by atomic mass is 10.2. The van der Waals surface area contributed by atoms with E-state index in [9.17, 15) is 14.7 Å². The molecule has 3 rings (SSSR count). The van der Waals surface area contributed by atoms with Gasteiger partial charge in [0.2, 0.25) is 0 Å². The Kier molecular flexibility index (Phi) is 5.60. The van der Waals surface area contributed by atoms with Crippen LogP contribution in [0.1, 0.15) is 21.7 Å². The molecule has 0 spiro atoms. The predicted molar refractivity (Wildman–Crippen MR) is 105 cm³/mol. The second-order valence-corrected chi connectivity index (χ2v) is 6.38. The molecule has 8 nitrogen and oxygen atoms in total. The lowest BCUT2D eigenvalue weighted by molar-refractivity contribution is 0.0684. The average molecular weight is 401 g/mol. The van der Waals surface area contributed by atoms with Gasteiger partial charge in [0.15, 0.2) is 0 Å². The summed E-state index contributed by atoms with van der Waals surface area (Å²) in [6.07, 6.45) is 1.36. The van der Waals surface area contributed by atoms with Crippen molar-refractivity contribution in [3.05, 3.63) is 75.1 Å². The summed E-state index contributed by atoms with van der Waals surface area (Å²) in [5.74, 6) is -0.234. The van der Waals surface area contributed by atoms with Crippen molar-refractivity contribution in [1.82, 2.24) is 14.5 Å². The average Bonchev–Trinajstić information content (AvgIpc) is 2.66. The molecule has 0 atom stereocenters. The number of anilines is 2. The summed E-state index contributed by atoms with van der Waals surface area (Å²) in [6.45, 7) is 1.82. The number of aromatic nitrogens is 3. The van der Waals surface area contributed by atoms with Gasteiger partial charge in [0, 0.05) is 11.8 Å². The van der Waals surface area contributed by atoms with E-state index in [1.165, 1.54) is 12.4 Å². The van der Waals surface area contributed by atoms with Crippen molar-refractivity contribution in [2.75, 3.05) is 12.4 Å². The van der Waals surface area contributed by atoms with Crippen molar-refractivity contribution in [2.24, 2.45) is 0 Å². The number of hydrogen-bond donors (Lipinski definition) is 2. The number of aromatic carboxylic acids is 1. The van der Waals surface area contributed by atoms with E-state index in [0.717, 1.165) is 10.1 Å². The molecular weight excluding hydrogens is 384 g/mol. The van der Waals surface area contributed by atoms with Crippen molar-refractivity contribution in [1.29, 1.82) is 0 Å². The minimum atomic E-state index is -1.29. The van der Waals surface area contributed by atoms with Gasteiger partial charge >= 0.3 is 5.97 Å². The van der Waals surface area contributed by atoms with Crippen molar-refractivity contribution >= 4 is 29.1 Å². The number of carbonyl (C=O) groups is 1. The Morgan fingerprint density at radius 3 is 2.57 bits per heavy atom. The molecule has 2 N–H and O–H groups in total. The third-order valence-corrected chi connectivity index (χ3v) is 4.30. The normalized spacial score (nSPS) is 10.5. The Morgan fingerprint density at radius 1 is 1.25 bits per heavy atom. The van der Waals surface area contributed by atoms with Crippen LogP contribution in [0.3, 0.4) is 0 Å². The van der Waals surface area contributed by atoms with Crippen LogP contribution in [0.25, 0.3) is 0 Å². The van der Waals surface area contributed by atoms with Gasteiger partial charge in [-0.3, -0.25) is 9.36 Å². The fourth-order valence-corrected chi connectivity index (χ4v) is 2.96. The van der Waals surface area contributed by atoms with Crippen LogP contribution in [0, 0.1) is 6.92 Å². The molecule has 0 aliphatic heterocycles. The van der Waals surface area contributed by atoms with Crippen LogP contribution in [0.15, 0.2) is 47.5 Å². The van der Waals surface area contributed by atoms with Gasteiger partial charge in [-0.1, -0.05) is 23.7 Å². The first kappa shape index (κ1) is 19.4. The van der Waals surface area contributed by atoms with Gasteiger partial charge in [-0.25, -0.2) is 14.8 Å². The highest BCUT2D eigenvalue weighted by molar-refractivity contribution is 6.33. The van der Waals surface area contributed by atoms with Crippen LogP contribution in [0.5, 0.6) is 5.75 Å². The van der Waals surface area contributed by atoms with E-state index in [4.69, 9.17) is 16.3 Å². The van der Waals surface area contributed by atoms with Crippen LogP contribution in [0.4, 0.5) is 11.5 Å². The number of nitrogens with zero attached hydrogens (tertiary/aromatic N) is 3. The van der Waals surface area contributed by atoms with Crippen LogP contribution in [0.2, 0.25) is 5.02 Å². The molecule has 1 aromatic carbocycles. The predicted octanol–water partition coefficient (Wildman–Crippen LogP) is 3.10. The lowest BCUT2D eigenvalue weighted by Gasteiger charge is -2.15. The van der Waals surface area contributed by atoms with Gasteiger partial charge in [-0.2, -0.15) is 0 Å². The number of halogens is 1. The lowest BCUT2D eigenvalue weighted by Crippen LogP contribution is -2.28. The number of carboxylic acids is 1. The summed E-state index contributed by atoms with van der Waals surface area (Å²) in [7, 11) is 1.55. The SMILES string of the molecule is COc1ccc(Cn2c(C(=O)O)c(Cl)cc(Nc3cc(C)ncn3)c2=O)cc1. The molecule has 2 aromatic heterocycles. The third-order valence-electron chi connectivity index (χ3n) is 4.01. The van der Waals surface area contributed by atoms with Crippen LogP contribution >= 0.6 is 11.6 Å². The second kappa shape index (κ2) is 8.10. The highest BCUT2D eigenvalue weighted by Crippen LogP contribution is 2.22. The highest BCUT2D eigenvalue weighted by atomic mass is 35.5. The van der Waals surface area contributed by atoms with Gasteiger partial charge in [0.25, 0.3) is 5.56 Å². The largest absolute Gasteiger partial charge is 0.497 e. The van der Waals surface area contributed by atoms with Gasteiger partial charge < -0.3 is 15.2 Å². The quantitative estimate of drug-likeness (QED) is 0.654. The maximum Gasteiger partial charge on any atom is 0.354 e. The Balaban J connectivity index is 2.06. The van der Waals surface area contributed by atoms with Crippen LogP contribution < -0.4 is 15.6 Å². The number of benzene rings is 1. The van der Waals surface area contributed by atoms with Gasteiger partial charge in [-0.05, 0) is 30.7 Å². The molecule has 0 saturated carbocycles. The molecule has 0 fully saturated rings. The molecule has 28 heavy (non-hydrogen) atoms. The number of pyridine rings is 1. The number of aryl methyl sites for hydroxylation is 1. The Hall–Kier alpha value is -3.39. The molecule has 9 heteroatoms. The summed E-state index contributed by atoms with van der Waals surface area (Å²) in [4.78, 5) is 32.7. The molecule has 0 amide bonds. The minimum absolute atomic E-state index is 0.0303. The number of methoxy groups -OCH3 is 1. The molecule has 3 aromatic rings. The Morgan fingerprint density at radius 2 is 1.96 bits per heavy atom. The molecule has 0 unspecified atom stereocenters. The molecule has 0 aliphatic rings. The first-order valence-electron chi connectivity index (χ1n) is 8.24. The third kappa shape index (κ3) is 4.12. The zero-order valence-electron chi connectivity index (χ0n) is 15.1. The van der Waals surface area contributed by atoms with E-state index in [2.05, 4.69) is 15.3 Å². The molecule has 2 heterocycles. The summed E-state index contributed by atoms with van der Waals surface area (Å²) < 4.78 is 6.23. The number of hydrogen-bond acceptors (Lipinski definition) is 6. The van der Waals surface area contributed by atoms with Crippen molar-refractivity contribution in [3.63, 3.8) is 0 Å². The van der Waals surface area contributed by atoms with Crippen LogP contribution in [-0.4, -0.2) is 32.7 Å². The number of carboxylic acid groups (broad SMARTS) is 1. The molecule has 0 radical (unpaired) electrons. The summed E-state index contributed by atoms with van der Waals surface area (Å²) in [6, 6.07) is 9.90. The van der Waals surface area contributed by atoms with E-state index in [-0.39, 0.29) is 22.9 Å². The molecule has 0 saturated heterocycles. The van der Waals surface area contributed by atoms with E-state index < -0.39 is 11.5 Å². The standard InChI is InChI=1S/C19H17ClN4O4/c1-11-7-16(22-10-21-11)23-15-8-14(20)17(19(26)27)24(18(15)25)9-12-3-5-13(28-2)6-4-12/h3-8,10H,9H2,1-2H3,(H,26,27)(H,21,22,23). The smallest absolute Gasteiger partial charge is 0.354 e. The number of rotatable bonds is 6. The molecule has 144 valence electrons. The Labute approximate surface area is 165 Å². The zero-order valence-corrected chi connectivity index (χ0v) is 15.9. The highest BCUT2D eigenvalue weighted by Gasteiger charge is 2.20. The Bertz CT molecular complexity index is 1080. The monoisotopic (exact) mass is 400 g/mol. The van der Waals surface area contributed by atoms with Gasteiger partial charge in [-0.15, -0.1) is 0 Å².